The van der Waals surface area contributed by atoms with Gasteiger partial charge in [0.2, 0.25) is 0 Å². The van der Waals surface area contributed by atoms with Crippen LogP contribution in [0.3, 0.4) is 0 Å². The minimum atomic E-state index is 0.179. The molecule has 13 heavy (non-hydrogen) atoms. The Labute approximate surface area is 83.0 Å². The van der Waals surface area contributed by atoms with Crippen molar-refractivity contribution in [3.63, 3.8) is 0 Å². The first-order valence-electron chi connectivity index (χ1n) is 4.55. The maximum Gasteiger partial charge on any atom is 0.182 e. The Bertz CT molecular complexity index is 291. The quantitative estimate of drug-likeness (QED) is 0.694. The van der Waals surface area contributed by atoms with Crippen LogP contribution in [0.1, 0.15) is 42.2 Å². The zero-order chi connectivity index (χ0) is 9.84. The number of hydrogen-bond donors (Lipinski definition) is 0. The van der Waals surface area contributed by atoms with Crippen LogP contribution in [-0.2, 0) is 0 Å². The van der Waals surface area contributed by atoms with Gasteiger partial charge in [-0.2, -0.15) is 0 Å². The number of aromatic nitrogens is 1. The first-order chi connectivity index (χ1) is 6.09. The second-order valence-corrected chi connectivity index (χ2v) is 4.67. The molecule has 0 aliphatic rings. The van der Waals surface area contributed by atoms with Gasteiger partial charge in [0.15, 0.2) is 5.78 Å². The molecule has 1 rings (SSSR count). The fourth-order valence-electron chi connectivity index (χ4n) is 1.04. The number of thiazole rings is 1. The van der Waals surface area contributed by atoms with Gasteiger partial charge >= 0.3 is 0 Å². The zero-order valence-electron chi connectivity index (χ0n) is 8.33. The maximum absolute atomic E-state index is 11.5. The lowest BCUT2D eigenvalue weighted by atomic mass is 10.1. The summed E-state index contributed by atoms with van der Waals surface area (Å²) in [6, 6.07) is 0. The topological polar surface area (TPSA) is 30.0 Å². The summed E-state index contributed by atoms with van der Waals surface area (Å²) < 4.78 is 0. The van der Waals surface area contributed by atoms with Crippen LogP contribution in [-0.4, -0.2) is 10.8 Å². The minimum absolute atomic E-state index is 0.179. The third-order valence-electron chi connectivity index (χ3n) is 1.85. The molecule has 0 bridgehead atoms. The summed E-state index contributed by atoms with van der Waals surface area (Å²) in [5.74, 6) is 0.765. The predicted molar refractivity (Wildman–Crippen MR) is 55.3 cm³/mol. The Morgan fingerprint density at radius 1 is 1.62 bits per heavy atom. The van der Waals surface area contributed by atoms with Crippen molar-refractivity contribution in [2.75, 3.05) is 0 Å². The molecule has 72 valence electrons. The molecule has 0 unspecified atom stereocenters. The predicted octanol–water partition coefficient (Wildman–Crippen LogP) is 3.07. The molecule has 0 saturated carbocycles. The van der Waals surface area contributed by atoms with Gasteiger partial charge in [0.1, 0.15) is 5.69 Å². The number of nitrogens with zero attached hydrogens (tertiary/aromatic N) is 1. The smallest absolute Gasteiger partial charge is 0.182 e. The SMILES string of the molecule is Cc1nc(C(=O)CCC(C)C)cs1. The van der Waals surface area contributed by atoms with E-state index in [0.29, 0.717) is 18.0 Å². The lowest BCUT2D eigenvalue weighted by molar-refractivity contribution is 0.0971. The molecule has 0 amide bonds. The minimum Gasteiger partial charge on any atom is -0.292 e. The molecule has 0 spiro atoms. The van der Waals surface area contributed by atoms with Crippen molar-refractivity contribution in [1.82, 2.24) is 4.98 Å². The Morgan fingerprint density at radius 2 is 2.31 bits per heavy atom. The Balaban J connectivity index is 2.49. The molecule has 0 aliphatic heterocycles. The summed E-state index contributed by atoms with van der Waals surface area (Å²) in [6.07, 6.45) is 1.58. The lowest BCUT2D eigenvalue weighted by Crippen LogP contribution is -2.01. The molecule has 3 heteroatoms. The molecule has 1 aromatic heterocycles. The average molecular weight is 197 g/mol. The van der Waals surface area contributed by atoms with Crippen molar-refractivity contribution >= 4 is 17.1 Å². The molecular weight excluding hydrogens is 182 g/mol. The van der Waals surface area contributed by atoms with E-state index in [2.05, 4.69) is 18.8 Å². The number of Topliss-reactive ketones (excluding diaryl/α,β-unsaturated/α-hetero) is 1. The first-order valence-corrected chi connectivity index (χ1v) is 5.43. The molecular formula is C10H15NOS. The molecule has 0 radical (unpaired) electrons. The van der Waals surface area contributed by atoms with E-state index in [1.807, 2.05) is 12.3 Å². The van der Waals surface area contributed by atoms with Gasteiger partial charge in [-0.15, -0.1) is 11.3 Å². The molecule has 0 N–H and O–H groups in total. The molecule has 0 aromatic carbocycles. The fourth-order valence-corrected chi connectivity index (χ4v) is 1.66. The summed E-state index contributed by atoms with van der Waals surface area (Å²) >= 11 is 1.54. The molecule has 0 atom stereocenters. The molecule has 2 nitrogen and oxygen atoms in total. The van der Waals surface area contributed by atoms with Crippen LogP contribution in [0, 0.1) is 12.8 Å². The summed E-state index contributed by atoms with van der Waals surface area (Å²) in [5, 5.41) is 2.81. The van der Waals surface area contributed by atoms with Crippen molar-refractivity contribution in [3.05, 3.63) is 16.1 Å². The van der Waals surface area contributed by atoms with Crippen LogP contribution >= 0.6 is 11.3 Å². The number of rotatable bonds is 4. The number of ketones is 1. The summed E-state index contributed by atoms with van der Waals surface area (Å²) in [5.41, 5.74) is 0.642. The van der Waals surface area contributed by atoms with Crippen molar-refractivity contribution in [3.8, 4) is 0 Å². The highest BCUT2D eigenvalue weighted by Crippen LogP contribution is 2.12. The molecule has 1 heterocycles. The normalized spacial score (nSPS) is 10.8. The van der Waals surface area contributed by atoms with Gasteiger partial charge in [0.25, 0.3) is 0 Å². The molecule has 0 aliphatic carbocycles. The average Bonchev–Trinajstić information content (AvgIpc) is 2.47. The third kappa shape index (κ3) is 3.27. The fraction of sp³-hybridized carbons (Fsp3) is 0.600. The second-order valence-electron chi connectivity index (χ2n) is 3.61. The van der Waals surface area contributed by atoms with E-state index in [4.69, 9.17) is 0 Å². The zero-order valence-corrected chi connectivity index (χ0v) is 9.15. The van der Waals surface area contributed by atoms with Crippen LogP contribution < -0.4 is 0 Å². The van der Waals surface area contributed by atoms with Crippen LogP contribution in [0.2, 0.25) is 0 Å². The van der Waals surface area contributed by atoms with E-state index >= 15 is 0 Å². The lowest BCUT2D eigenvalue weighted by Gasteiger charge is -2.00. The molecule has 0 fully saturated rings. The van der Waals surface area contributed by atoms with Crippen molar-refractivity contribution in [2.24, 2.45) is 5.92 Å². The van der Waals surface area contributed by atoms with Crippen LogP contribution in [0.5, 0.6) is 0 Å². The van der Waals surface area contributed by atoms with Crippen LogP contribution in [0.4, 0.5) is 0 Å². The van der Waals surface area contributed by atoms with Gasteiger partial charge in [0, 0.05) is 11.8 Å². The summed E-state index contributed by atoms with van der Waals surface area (Å²) in [4.78, 5) is 15.7. The highest BCUT2D eigenvalue weighted by atomic mass is 32.1. The summed E-state index contributed by atoms with van der Waals surface area (Å²) in [7, 11) is 0. The van der Waals surface area contributed by atoms with E-state index in [9.17, 15) is 4.79 Å². The standard InChI is InChI=1S/C10H15NOS/c1-7(2)4-5-10(12)9-6-13-8(3)11-9/h6-7H,4-5H2,1-3H3. The largest absolute Gasteiger partial charge is 0.292 e. The molecule has 0 saturated heterocycles. The second kappa shape index (κ2) is 4.51. The van der Waals surface area contributed by atoms with Crippen molar-refractivity contribution in [1.29, 1.82) is 0 Å². The van der Waals surface area contributed by atoms with Gasteiger partial charge in [0.05, 0.1) is 5.01 Å². The highest BCUT2D eigenvalue weighted by molar-refractivity contribution is 7.09. The van der Waals surface area contributed by atoms with Gasteiger partial charge < -0.3 is 0 Å². The monoisotopic (exact) mass is 197 g/mol. The Kier molecular flexibility index (Phi) is 3.60. The van der Waals surface area contributed by atoms with Gasteiger partial charge in [-0.1, -0.05) is 13.8 Å². The van der Waals surface area contributed by atoms with Gasteiger partial charge in [-0.3, -0.25) is 4.79 Å². The Morgan fingerprint density at radius 3 is 2.77 bits per heavy atom. The number of carbonyl (C=O) groups is 1. The van der Waals surface area contributed by atoms with E-state index in [1.54, 1.807) is 0 Å². The maximum atomic E-state index is 11.5. The number of hydrogen-bond acceptors (Lipinski definition) is 3. The highest BCUT2D eigenvalue weighted by Gasteiger charge is 2.09. The third-order valence-corrected chi connectivity index (χ3v) is 2.63. The number of carbonyl (C=O) groups excluding carboxylic acids is 1. The van der Waals surface area contributed by atoms with Gasteiger partial charge in [-0.05, 0) is 19.3 Å². The van der Waals surface area contributed by atoms with Crippen molar-refractivity contribution in [2.45, 2.75) is 33.6 Å². The van der Waals surface area contributed by atoms with E-state index < -0.39 is 0 Å². The molecule has 1 aromatic rings. The van der Waals surface area contributed by atoms with Crippen molar-refractivity contribution < 1.29 is 4.79 Å². The van der Waals surface area contributed by atoms with E-state index in [0.717, 1.165) is 11.4 Å². The Hall–Kier alpha value is -0.700. The first kappa shape index (κ1) is 10.4. The van der Waals surface area contributed by atoms with Crippen LogP contribution in [0.15, 0.2) is 5.38 Å². The van der Waals surface area contributed by atoms with Gasteiger partial charge in [-0.25, -0.2) is 4.98 Å². The van der Waals surface area contributed by atoms with E-state index in [-0.39, 0.29) is 5.78 Å². The number of aryl methyl sites for hydroxylation is 1. The summed E-state index contributed by atoms with van der Waals surface area (Å²) in [6.45, 7) is 6.17. The van der Waals surface area contributed by atoms with E-state index in [1.165, 1.54) is 11.3 Å². The van der Waals surface area contributed by atoms with Crippen LogP contribution in [0.25, 0.3) is 0 Å².